The van der Waals surface area contributed by atoms with Gasteiger partial charge in [0.25, 0.3) is 11.1 Å². The van der Waals surface area contributed by atoms with Crippen LogP contribution in [0.25, 0.3) is 0 Å². The Kier molecular flexibility index (Phi) is 6.71. The van der Waals surface area contributed by atoms with Crippen molar-refractivity contribution in [3.8, 4) is 0 Å². The van der Waals surface area contributed by atoms with E-state index in [9.17, 15) is 19.2 Å². The minimum absolute atomic E-state index is 0.120. The fourth-order valence-electron chi connectivity index (χ4n) is 2.75. The summed E-state index contributed by atoms with van der Waals surface area (Å²) in [7, 11) is 0. The van der Waals surface area contributed by atoms with Gasteiger partial charge in [0.15, 0.2) is 0 Å². The summed E-state index contributed by atoms with van der Waals surface area (Å²) in [4.78, 5) is 49.1. The molecule has 0 radical (unpaired) electrons. The SMILES string of the molecule is Cc1cc(Br)ccc1NC(=O)CNC(=O)c1cccc(CN2C(=O)CSC2=O)c1. The van der Waals surface area contributed by atoms with Crippen LogP contribution in [-0.2, 0) is 16.1 Å². The first kappa shape index (κ1) is 21.1. The average Bonchev–Trinajstić information content (AvgIpc) is 3.00. The monoisotopic (exact) mass is 475 g/mol. The van der Waals surface area contributed by atoms with Crippen LogP contribution in [0.3, 0.4) is 0 Å². The van der Waals surface area contributed by atoms with Crippen LogP contribution in [0.5, 0.6) is 0 Å². The largest absolute Gasteiger partial charge is 0.343 e. The van der Waals surface area contributed by atoms with Crippen LogP contribution in [0.1, 0.15) is 21.5 Å². The molecule has 9 heteroatoms. The van der Waals surface area contributed by atoms with Crippen LogP contribution in [0.15, 0.2) is 46.9 Å². The zero-order valence-corrected chi connectivity index (χ0v) is 17.9. The Morgan fingerprint density at radius 2 is 1.97 bits per heavy atom. The molecule has 1 aliphatic rings. The van der Waals surface area contributed by atoms with Gasteiger partial charge in [-0.15, -0.1) is 0 Å². The smallest absolute Gasteiger partial charge is 0.289 e. The van der Waals surface area contributed by atoms with Crippen molar-refractivity contribution in [2.45, 2.75) is 13.5 Å². The van der Waals surface area contributed by atoms with Gasteiger partial charge in [0.2, 0.25) is 11.8 Å². The Hall–Kier alpha value is -2.65. The molecule has 0 bridgehead atoms. The molecule has 1 fully saturated rings. The molecule has 1 saturated heterocycles. The van der Waals surface area contributed by atoms with Crippen molar-refractivity contribution in [3.63, 3.8) is 0 Å². The predicted octanol–water partition coefficient (Wildman–Crippen LogP) is 3.32. The summed E-state index contributed by atoms with van der Waals surface area (Å²) in [5, 5.41) is 5.04. The Bertz CT molecular complexity index is 979. The first-order valence-electron chi connectivity index (χ1n) is 8.74. The number of amides is 4. The van der Waals surface area contributed by atoms with Gasteiger partial charge in [0, 0.05) is 15.7 Å². The molecule has 2 aromatic rings. The highest BCUT2D eigenvalue weighted by molar-refractivity contribution is 9.10. The summed E-state index contributed by atoms with van der Waals surface area (Å²) in [6.07, 6.45) is 0. The molecule has 0 spiro atoms. The lowest BCUT2D eigenvalue weighted by Crippen LogP contribution is -2.33. The topological polar surface area (TPSA) is 95.6 Å². The van der Waals surface area contributed by atoms with Crippen molar-refractivity contribution in [1.29, 1.82) is 0 Å². The number of nitrogens with one attached hydrogen (secondary N) is 2. The maximum atomic E-state index is 12.4. The second-order valence-corrected chi connectivity index (χ2v) is 8.27. The van der Waals surface area contributed by atoms with Crippen LogP contribution < -0.4 is 10.6 Å². The molecule has 0 atom stereocenters. The zero-order valence-electron chi connectivity index (χ0n) is 15.5. The van der Waals surface area contributed by atoms with Gasteiger partial charge in [0.05, 0.1) is 18.8 Å². The van der Waals surface area contributed by atoms with Crippen molar-refractivity contribution < 1.29 is 19.2 Å². The maximum absolute atomic E-state index is 12.4. The molecule has 0 aliphatic carbocycles. The third-order valence-electron chi connectivity index (χ3n) is 4.24. The summed E-state index contributed by atoms with van der Waals surface area (Å²) in [6.45, 7) is 1.81. The van der Waals surface area contributed by atoms with E-state index in [1.807, 2.05) is 19.1 Å². The molecule has 2 N–H and O–H groups in total. The Labute approximate surface area is 180 Å². The Morgan fingerprint density at radius 3 is 2.66 bits per heavy atom. The Balaban J connectivity index is 1.57. The molecule has 2 aromatic carbocycles. The summed E-state index contributed by atoms with van der Waals surface area (Å²) in [5.41, 5.74) is 2.59. The van der Waals surface area contributed by atoms with E-state index in [0.717, 1.165) is 26.7 Å². The number of anilines is 1. The van der Waals surface area contributed by atoms with Gasteiger partial charge in [-0.1, -0.05) is 39.8 Å². The molecule has 0 aromatic heterocycles. The average molecular weight is 476 g/mol. The van der Waals surface area contributed by atoms with E-state index >= 15 is 0 Å². The first-order valence-corrected chi connectivity index (χ1v) is 10.5. The molecule has 1 heterocycles. The number of thioether (sulfide) groups is 1. The van der Waals surface area contributed by atoms with Crippen LogP contribution >= 0.6 is 27.7 Å². The first-order chi connectivity index (χ1) is 13.8. The molecule has 150 valence electrons. The number of hydrogen-bond donors (Lipinski definition) is 2. The summed E-state index contributed by atoms with van der Waals surface area (Å²) >= 11 is 4.33. The fraction of sp³-hybridized carbons (Fsp3) is 0.200. The molecule has 4 amide bonds. The van der Waals surface area contributed by atoms with E-state index in [2.05, 4.69) is 26.6 Å². The maximum Gasteiger partial charge on any atom is 0.289 e. The predicted molar refractivity (Wildman–Crippen MR) is 115 cm³/mol. The molecule has 7 nitrogen and oxygen atoms in total. The van der Waals surface area contributed by atoms with Gasteiger partial charge < -0.3 is 10.6 Å². The van der Waals surface area contributed by atoms with Crippen molar-refractivity contribution in [2.24, 2.45) is 0 Å². The number of imide groups is 1. The third-order valence-corrected chi connectivity index (χ3v) is 5.59. The molecule has 1 aliphatic heterocycles. The standard InChI is InChI=1S/C20H18BrN3O4S/c1-12-7-15(21)5-6-16(12)23-17(25)9-22-19(27)14-4-2-3-13(8-14)10-24-18(26)11-29-20(24)28/h2-8H,9-11H2,1H3,(H,22,27)(H,23,25). The molecular weight excluding hydrogens is 458 g/mol. The van der Waals surface area contributed by atoms with E-state index in [1.54, 1.807) is 30.3 Å². The van der Waals surface area contributed by atoms with E-state index in [-0.39, 0.29) is 35.9 Å². The highest BCUT2D eigenvalue weighted by Crippen LogP contribution is 2.22. The molecular formula is C20H18BrN3O4S. The van der Waals surface area contributed by atoms with Crippen LogP contribution in [-0.4, -0.2) is 40.2 Å². The van der Waals surface area contributed by atoms with Crippen LogP contribution in [0.2, 0.25) is 0 Å². The number of rotatable bonds is 6. The van der Waals surface area contributed by atoms with E-state index in [4.69, 9.17) is 0 Å². The quantitative estimate of drug-likeness (QED) is 0.667. The molecule has 0 saturated carbocycles. The Morgan fingerprint density at radius 1 is 1.17 bits per heavy atom. The van der Waals surface area contributed by atoms with Gasteiger partial charge in [-0.2, -0.15) is 0 Å². The van der Waals surface area contributed by atoms with Gasteiger partial charge in [-0.05, 0) is 48.4 Å². The van der Waals surface area contributed by atoms with Crippen molar-refractivity contribution in [2.75, 3.05) is 17.6 Å². The number of nitrogens with zero attached hydrogens (tertiary/aromatic N) is 1. The summed E-state index contributed by atoms with van der Waals surface area (Å²) in [6, 6.07) is 12.1. The van der Waals surface area contributed by atoms with Crippen molar-refractivity contribution in [1.82, 2.24) is 10.2 Å². The third kappa shape index (κ3) is 5.45. The number of carbonyl (C=O) groups is 4. The fourth-order valence-corrected chi connectivity index (χ4v) is 3.95. The minimum atomic E-state index is -0.414. The lowest BCUT2D eigenvalue weighted by Gasteiger charge is -2.13. The second kappa shape index (κ2) is 9.23. The van der Waals surface area contributed by atoms with Crippen LogP contribution in [0, 0.1) is 6.92 Å². The van der Waals surface area contributed by atoms with Crippen LogP contribution in [0.4, 0.5) is 10.5 Å². The minimum Gasteiger partial charge on any atom is -0.343 e. The summed E-state index contributed by atoms with van der Waals surface area (Å²) in [5.74, 6) is -0.852. The number of carbonyl (C=O) groups excluding carboxylic acids is 4. The van der Waals surface area contributed by atoms with E-state index in [1.165, 1.54) is 0 Å². The van der Waals surface area contributed by atoms with E-state index < -0.39 is 5.91 Å². The van der Waals surface area contributed by atoms with Gasteiger partial charge in [-0.25, -0.2) is 0 Å². The van der Waals surface area contributed by atoms with E-state index in [0.29, 0.717) is 16.8 Å². The molecule has 3 rings (SSSR count). The number of benzene rings is 2. The highest BCUT2D eigenvalue weighted by Gasteiger charge is 2.29. The lowest BCUT2D eigenvalue weighted by molar-refractivity contribution is -0.125. The highest BCUT2D eigenvalue weighted by atomic mass is 79.9. The van der Waals surface area contributed by atoms with Gasteiger partial charge >= 0.3 is 0 Å². The lowest BCUT2D eigenvalue weighted by atomic mass is 10.1. The zero-order chi connectivity index (χ0) is 21.0. The second-order valence-electron chi connectivity index (χ2n) is 6.42. The van der Waals surface area contributed by atoms with Crippen molar-refractivity contribution in [3.05, 3.63) is 63.6 Å². The molecule has 0 unspecified atom stereocenters. The number of hydrogen-bond acceptors (Lipinski definition) is 5. The van der Waals surface area contributed by atoms with Gasteiger partial charge in [-0.3, -0.25) is 24.1 Å². The number of aryl methyl sites for hydroxylation is 1. The number of halogens is 1. The van der Waals surface area contributed by atoms with Crippen molar-refractivity contribution >= 4 is 56.3 Å². The summed E-state index contributed by atoms with van der Waals surface area (Å²) < 4.78 is 0.914. The molecule has 29 heavy (non-hydrogen) atoms. The normalized spacial score (nSPS) is 13.5. The van der Waals surface area contributed by atoms with Gasteiger partial charge in [0.1, 0.15) is 0 Å².